The molecule has 1 atom stereocenters. The number of ether oxygens (including phenoxy) is 1. The molecule has 1 aromatic carbocycles. The monoisotopic (exact) mass is 397 g/mol. The second-order valence-electron chi connectivity index (χ2n) is 7.24. The van der Waals surface area contributed by atoms with E-state index >= 15 is 0 Å². The number of carbonyl (C=O) groups is 2. The first kappa shape index (κ1) is 19.8. The molecule has 1 aliphatic carbocycles. The molecule has 148 valence electrons. The summed E-state index contributed by atoms with van der Waals surface area (Å²) < 4.78 is 42.1. The highest BCUT2D eigenvalue weighted by Crippen LogP contribution is 2.28. The van der Waals surface area contributed by atoms with Crippen LogP contribution in [0.15, 0.2) is 24.3 Å². The molecule has 1 saturated heterocycles. The van der Waals surface area contributed by atoms with E-state index in [1.54, 1.807) is 4.90 Å². The number of esters is 1. The van der Waals surface area contributed by atoms with Crippen LogP contribution in [0.4, 0.5) is 4.39 Å². The summed E-state index contributed by atoms with van der Waals surface area (Å²) in [6, 6.07) is 4.70. The highest BCUT2D eigenvalue weighted by atomic mass is 32.2. The Bertz CT molecular complexity index is 804. The van der Waals surface area contributed by atoms with E-state index in [1.807, 2.05) is 0 Å². The van der Waals surface area contributed by atoms with Crippen molar-refractivity contribution in [2.45, 2.75) is 50.6 Å². The lowest BCUT2D eigenvalue weighted by atomic mass is 9.93. The van der Waals surface area contributed by atoms with Gasteiger partial charge in [-0.3, -0.25) is 4.79 Å². The summed E-state index contributed by atoms with van der Waals surface area (Å²) >= 11 is 0. The molecule has 6 nitrogen and oxygen atoms in total. The van der Waals surface area contributed by atoms with Crippen molar-refractivity contribution in [3.05, 3.63) is 35.6 Å². The minimum absolute atomic E-state index is 0.0163. The fourth-order valence-corrected chi connectivity index (χ4v) is 5.67. The van der Waals surface area contributed by atoms with E-state index in [1.165, 1.54) is 18.2 Å². The van der Waals surface area contributed by atoms with E-state index in [0.29, 0.717) is 6.42 Å². The number of hydrogen-bond donors (Lipinski definition) is 0. The first-order valence-electron chi connectivity index (χ1n) is 9.30. The van der Waals surface area contributed by atoms with Gasteiger partial charge in [-0.15, -0.1) is 0 Å². The maximum Gasteiger partial charge on any atom is 0.338 e. The Hall–Kier alpha value is -1.96. The van der Waals surface area contributed by atoms with E-state index in [4.69, 9.17) is 4.74 Å². The van der Waals surface area contributed by atoms with Gasteiger partial charge in [-0.2, -0.15) is 0 Å². The SMILES string of the molecule is O=C(OCC(=O)N(C1CCCCC1)[C@H]1CCS(=O)(=O)C1)c1cccc(F)c1. The molecule has 0 N–H and O–H groups in total. The normalized spacial score (nSPS) is 22.3. The molecule has 8 heteroatoms. The summed E-state index contributed by atoms with van der Waals surface area (Å²) in [5.41, 5.74) is 0.0375. The van der Waals surface area contributed by atoms with Crippen molar-refractivity contribution in [3.8, 4) is 0 Å². The lowest BCUT2D eigenvalue weighted by molar-refractivity contribution is -0.140. The number of sulfone groups is 1. The summed E-state index contributed by atoms with van der Waals surface area (Å²) in [6.07, 6.45) is 5.19. The van der Waals surface area contributed by atoms with Gasteiger partial charge in [-0.05, 0) is 37.5 Å². The number of rotatable bonds is 5. The molecule has 2 aliphatic rings. The summed E-state index contributed by atoms with van der Waals surface area (Å²) in [6.45, 7) is -0.470. The zero-order chi connectivity index (χ0) is 19.4. The highest BCUT2D eigenvalue weighted by molar-refractivity contribution is 7.91. The maximum atomic E-state index is 13.2. The summed E-state index contributed by atoms with van der Waals surface area (Å²) in [5, 5.41) is 0. The zero-order valence-corrected chi connectivity index (χ0v) is 15.9. The standard InChI is InChI=1S/C19H24FNO5S/c20-15-6-4-5-14(11-15)19(23)26-12-18(22)21(16-7-2-1-3-8-16)17-9-10-27(24,25)13-17/h4-6,11,16-17H,1-3,7-10,12-13H2/t17-/m0/s1. The molecule has 1 heterocycles. The van der Waals surface area contributed by atoms with Gasteiger partial charge in [0.05, 0.1) is 17.1 Å². The first-order chi connectivity index (χ1) is 12.9. The Morgan fingerprint density at radius 2 is 1.85 bits per heavy atom. The van der Waals surface area contributed by atoms with Gasteiger partial charge in [0.15, 0.2) is 16.4 Å². The van der Waals surface area contributed by atoms with Gasteiger partial charge in [0.2, 0.25) is 0 Å². The van der Waals surface area contributed by atoms with Crippen LogP contribution in [0, 0.1) is 5.82 Å². The second-order valence-corrected chi connectivity index (χ2v) is 9.46. The third-order valence-electron chi connectivity index (χ3n) is 5.24. The van der Waals surface area contributed by atoms with Crippen LogP contribution in [-0.2, 0) is 19.4 Å². The Kier molecular flexibility index (Phi) is 6.14. The molecule has 3 rings (SSSR count). The van der Waals surface area contributed by atoms with Crippen LogP contribution in [0.5, 0.6) is 0 Å². The lowest BCUT2D eigenvalue weighted by Crippen LogP contribution is -2.50. The fourth-order valence-electron chi connectivity index (χ4n) is 3.96. The molecule has 1 saturated carbocycles. The van der Waals surface area contributed by atoms with Gasteiger partial charge in [0.25, 0.3) is 5.91 Å². The molecule has 0 unspecified atom stereocenters. The molecular formula is C19H24FNO5S. The Balaban J connectivity index is 1.68. The topological polar surface area (TPSA) is 80.8 Å². The third kappa shape index (κ3) is 5.06. The van der Waals surface area contributed by atoms with Crippen molar-refractivity contribution in [2.24, 2.45) is 0 Å². The van der Waals surface area contributed by atoms with E-state index in [-0.39, 0.29) is 35.1 Å². The van der Waals surface area contributed by atoms with Crippen LogP contribution >= 0.6 is 0 Å². The van der Waals surface area contributed by atoms with Crippen LogP contribution in [0.25, 0.3) is 0 Å². The van der Waals surface area contributed by atoms with E-state index in [9.17, 15) is 22.4 Å². The average Bonchev–Trinajstić information content (AvgIpc) is 3.00. The number of halogens is 1. The quantitative estimate of drug-likeness (QED) is 0.713. The molecule has 1 amide bonds. The summed E-state index contributed by atoms with van der Waals surface area (Å²) in [7, 11) is -3.14. The van der Waals surface area contributed by atoms with Crippen LogP contribution < -0.4 is 0 Å². The summed E-state index contributed by atoms with van der Waals surface area (Å²) in [4.78, 5) is 26.5. The number of hydrogen-bond acceptors (Lipinski definition) is 5. The van der Waals surface area contributed by atoms with Gasteiger partial charge >= 0.3 is 5.97 Å². The van der Waals surface area contributed by atoms with Crippen LogP contribution in [-0.4, -0.2) is 55.4 Å². The van der Waals surface area contributed by atoms with Crippen LogP contribution in [0.3, 0.4) is 0 Å². The minimum atomic E-state index is -3.14. The van der Waals surface area contributed by atoms with Crippen molar-refractivity contribution in [1.82, 2.24) is 4.90 Å². The predicted molar refractivity (Wildman–Crippen MR) is 97.5 cm³/mol. The first-order valence-corrected chi connectivity index (χ1v) is 11.1. The average molecular weight is 397 g/mol. The van der Waals surface area contributed by atoms with E-state index < -0.39 is 28.2 Å². The van der Waals surface area contributed by atoms with E-state index in [0.717, 1.165) is 38.2 Å². The maximum absolute atomic E-state index is 13.2. The minimum Gasteiger partial charge on any atom is -0.452 e. The van der Waals surface area contributed by atoms with Gasteiger partial charge in [0, 0.05) is 12.1 Å². The molecule has 0 aromatic heterocycles. The van der Waals surface area contributed by atoms with Gasteiger partial charge in [0.1, 0.15) is 5.82 Å². The van der Waals surface area contributed by atoms with Crippen LogP contribution in [0.2, 0.25) is 0 Å². The number of carbonyl (C=O) groups excluding carboxylic acids is 2. The van der Waals surface area contributed by atoms with Gasteiger partial charge in [-0.25, -0.2) is 17.6 Å². The Morgan fingerprint density at radius 3 is 2.48 bits per heavy atom. The molecular weight excluding hydrogens is 373 g/mol. The van der Waals surface area contributed by atoms with Crippen molar-refractivity contribution in [2.75, 3.05) is 18.1 Å². The van der Waals surface area contributed by atoms with Crippen molar-refractivity contribution in [1.29, 1.82) is 0 Å². The van der Waals surface area contributed by atoms with Gasteiger partial charge in [-0.1, -0.05) is 25.3 Å². The highest BCUT2D eigenvalue weighted by Gasteiger charge is 2.38. The molecule has 1 aliphatic heterocycles. The van der Waals surface area contributed by atoms with Crippen molar-refractivity contribution >= 4 is 21.7 Å². The zero-order valence-electron chi connectivity index (χ0n) is 15.1. The lowest BCUT2D eigenvalue weighted by Gasteiger charge is -2.38. The Labute approximate surface area is 158 Å². The molecule has 1 aromatic rings. The molecule has 0 spiro atoms. The number of benzene rings is 1. The molecule has 0 radical (unpaired) electrons. The third-order valence-corrected chi connectivity index (χ3v) is 7.00. The molecule has 2 fully saturated rings. The molecule has 27 heavy (non-hydrogen) atoms. The second kappa shape index (κ2) is 8.37. The smallest absolute Gasteiger partial charge is 0.338 e. The van der Waals surface area contributed by atoms with Gasteiger partial charge < -0.3 is 9.64 Å². The van der Waals surface area contributed by atoms with Crippen molar-refractivity contribution < 1.29 is 27.1 Å². The number of nitrogens with zero attached hydrogens (tertiary/aromatic N) is 1. The number of amides is 1. The van der Waals surface area contributed by atoms with E-state index in [2.05, 4.69) is 0 Å². The largest absolute Gasteiger partial charge is 0.452 e. The Morgan fingerprint density at radius 1 is 1.11 bits per heavy atom. The summed E-state index contributed by atoms with van der Waals surface area (Å²) in [5.74, 6) is -1.67. The molecule has 0 bridgehead atoms. The van der Waals surface area contributed by atoms with Crippen LogP contribution in [0.1, 0.15) is 48.9 Å². The fraction of sp³-hybridized carbons (Fsp3) is 0.579. The predicted octanol–water partition coefficient (Wildman–Crippen LogP) is 2.33. The van der Waals surface area contributed by atoms with Crippen molar-refractivity contribution in [3.63, 3.8) is 0 Å².